The number of hydrogen-bond acceptors (Lipinski definition) is 6. The zero-order valence-corrected chi connectivity index (χ0v) is 26.0. The number of nitrogens with zero attached hydrogens (tertiary/aromatic N) is 6. The summed E-state index contributed by atoms with van der Waals surface area (Å²) in [5.74, 6) is -0.226. The smallest absolute Gasteiger partial charge is 0.416 e. The average molecular weight is 681 g/mol. The molecule has 1 aliphatic heterocycles. The van der Waals surface area contributed by atoms with Crippen molar-refractivity contribution in [2.45, 2.75) is 97.3 Å². The van der Waals surface area contributed by atoms with Crippen molar-refractivity contribution in [3.8, 4) is 0 Å². The molecule has 0 N–H and O–H groups in total. The molecule has 0 fully saturated rings. The van der Waals surface area contributed by atoms with Crippen LogP contribution in [0.3, 0.4) is 0 Å². The molecule has 2 aromatic carbocycles. The van der Waals surface area contributed by atoms with E-state index < -0.39 is 71.6 Å². The van der Waals surface area contributed by atoms with E-state index in [0.29, 0.717) is 12.1 Å². The van der Waals surface area contributed by atoms with Gasteiger partial charge < -0.3 is 9.64 Å². The van der Waals surface area contributed by atoms with Crippen LogP contribution in [0.5, 0.6) is 0 Å². The number of alkyl halides is 9. The lowest BCUT2D eigenvalue weighted by Gasteiger charge is -2.44. The Morgan fingerprint density at radius 2 is 1.51 bits per heavy atom. The molecular formula is C30H33F9N6O2. The van der Waals surface area contributed by atoms with E-state index in [1.807, 2.05) is 13.8 Å². The molecule has 0 bridgehead atoms. The van der Waals surface area contributed by atoms with Gasteiger partial charge in [-0.05, 0) is 85.3 Å². The minimum atomic E-state index is -5.14. The maximum absolute atomic E-state index is 14.0. The summed E-state index contributed by atoms with van der Waals surface area (Å²) in [6.07, 6.45) is -16.3. The van der Waals surface area contributed by atoms with Crippen LogP contribution in [0.15, 0.2) is 36.4 Å². The monoisotopic (exact) mass is 680 g/mol. The van der Waals surface area contributed by atoms with Crippen molar-refractivity contribution in [2.75, 3.05) is 9.80 Å². The molecule has 0 aliphatic carbocycles. The average Bonchev–Trinajstić information content (AvgIpc) is 3.40. The second-order valence-corrected chi connectivity index (χ2v) is 12.0. The molecule has 0 saturated heterocycles. The summed E-state index contributed by atoms with van der Waals surface area (Å²) in [4.78, 5) is 16.9. The Balaban J connectivity index is 1.96. The van der Waals surface area contributed by atoms with Crippen molar-refractivity contribution >= 4 is 17.7 Å². The van der Waals surface area contributed by atoms with E-state index in [9.17, 15) is 44.3 Å². The molecule has 2 atom stereocenters. The summed E-state index contributed by atoms with van der Waals surface area (Å²) in [7, 11) is 0. The maximum Gasteiger partial charge on any atom is 0.416 e. The SMILES string of the molecule is CC[C@@H]1C[C@H](N(Cc2cc(C(F)(F)F)cc(C(F)(F)F)c2)c2nnn(CC(C)C)n2)c2cc(C(F)(F)F)ccc2N1C(=O)OC(C)C. The summed E-state index contributed by atoms with van der Waals surface area (Å²) in [5.41, 5.74) is -4.69. The Morgan fingerprint density at radius 3 is 2.02 bits per heavy atom. The molecule has 1 aliphatic rings. The first-order valence-electron chi connectivity index (χ1n) is 14.7. The molecule has 1 aromatic heterocycles. The molecule has 258 valence electrons. The third-order valence-corrected chi connectivity index (χ3v) is 7.44. The number of benzene rings is 2. The Bertz CT molecular complexity index is 1530. The lowest BCUT2D eigenvalue weighted by molar-refractivity contribution is -0.143. The predicted molar refractivity (Wildman–Crippen MR) is 152 cm³/mol. The van der Waals surface area contributed by atoms with Crippen LogP contribution in [0.2, 0.25) is 0 Å². The van der Waals surface area contributed by atoms with Crippen LogP contribution in [0, 0.1) is 5.92 Å². The molecule has 47 heavy (non-hydrogen) atoms. The molecular weight excluding hydrogens is 647 g/mol. The molecule has 0 saturated carbocycles. The molecule has 2 heterocycles. The zero-order chi connectivity index (χ0) is 35.1. The fraction of sp³-hybridized carbons (Fsp3) is 0.533. The van der Waals surface area contributed by atoms with Crippen molar-refractivity contribution in [3.05, 3.63) is 64.2 Å². The van der Waals surface area contributed by atoms with E-state index >= 15 is 0 Å². The molecule has 0 unspecified atom stereocenters. The number of anilines is 2. The first-order valence-corrected chi connectivity index (χ1v) is 14.7. The highest BCUT2D eigenvalue weighted by Crippen LogP contribution is 2.46. The van der Waals surface area contributed by atoms with E-state index in [2.05, 4.69) is 15.4 Å². The van der Waals surface area contributed by atoms with E-state index in [0.717, 1.165) is 18.2 Å². The normalized spacial score (nSPS) is 17.3. The van der Waals surface area contributed by atoms with Gasteiger partial charge in [-0.3, -0.25) is 4.90 Å². The third kappa shape index (κ3) is 8.27. The maximum atomic E-state index is 14.0. The minimum Gasteiger partial charge on any atom is -0.446 e. The van der Waals surface area contributed by atoms with Crippen molar-refractivity contribution in [1.29, 1.82) is 0 Å². The van der Waals surface area contributed by atoms with Crippen molar-refractivity contribution < 1.29 is 49.0 Å². The van der Waals surface area contributed by atoms with Gasteiger partial charge in [-0.2, -0.15) is 44.3 Å². The van der Waals surface area contributed by atoms with Gasteiger partial charge in [-0.25, -0.2) is 4.79 Å². The van der Waals surface area contributed by atoms with Crippen molar-refractivity contribution in [1.82, 2.24) is 20.2 Å². The number of ether oxygens (including phenoxy) is 1. The predicted octanol–water partition coefficient (Wildman–Crippen LogP) is 8.67. The number of aromatic nitrogens is 4. The quantitative estimate of drug-likeness (QED) is 0.222. The summed E-state index contributed by atoms with van der Waals surface area (Å²) in [6, 6.07) is 1.91. The van der Waals surface area contributed by atoms with Crippen LogP contribution in [-0.2, 0) is 36.4 Å². The van der Waals surface area contributed by atoms with Crippen LogP contribution < -0.4 is 9.80 Å². The number of carbonyl (C=O) groups excluding carboxylic acids is 1. The van der Waals surface area contributed by atoms with Gasteiger partial charge in [0.2, 0.25) is 0 Å². The number of hydrogen-bond donors (Lipinski definition) is 0. The third-order valence-electron chi connectivity index (χ3n) is 7.44. The highest BCUT2D eigenvalue weighted by molar-refractivity contribution is 5.90. The number of carbonyl (C=O) groups is 1. The van der Waals surface area contributed by atoms with E-state index in [1.165, 1.54) is 14.6 Å². The Labute approximate surface area is 264 Å². The van der Waals surface area contributed by atoms with Crippen LogP contribution in [-0.4, -0.2) is 38.4 Å². The van der Waals surface area contributed by atoms with Gasteiger partial charge >= 0.3 is 24.6 Å². The molecule has 17 heteroatoms. The summed E-state index contributed by atoms with van der Waals surface area (Å²) in [6.45, 7) is 8.16. The van der Waals surface area contributed by atoms with Crippen LogP contribution in [0.25, 0.3) is 0 Å². The number of rotatable bonds is 8. The minimum absolute atomic E-state index is 0.0121. The fourth-order valence-electron chi connectivity index (χ4n) is 5.44. The van der Waals surface area contributed by atoms with Gasteiger partial charge in [-0.1, -0.05) is 25.9 Å². The van der Waals surface area contributed by atoms with Crippen LogP contribution >= 0.6 is 0 Å². The molecule has 0 spiro atoms. The van der Waals surface area contributed by atoms with Gasteiger partial charge in [0.25, 0.3) is 5.95 Å². The Hall–Kier alpha value is -4.05. The Morgan fingerprint density at radius 1 is 0.915 bits per heavy atom. The summed E-state index contributed by atoms with van der Waals surface area (Å²) in [5, 5.41) is 12.3. The highest BCUT2D eigenvalue weighted by atomic mass is 19.4. The molecule has 1 amide bonds. The Kier molecular flexibility index (Phi) is 10.1. The van der Waals surface area contributed by atoms with E-state index in [-0.39, 0.29) is 48.6 Å². The molecule has 3 aromatic rings. The largest absolute Gasteiger partial charge is 0.446 e. The number of tetrazole rings is 1. The van der Waals surface area contributed by atoms with Crippen molar-refractivity contribution in [3.63, 3.8) is 0 Å². The second-order valence-electron chi connectivity index (χ2n) is 12.0. The lowest BCUT2D eigenvalue weighted by Crippen LogP contribution is -2.48. The molecule has 8 nitrogen and oxygen atoms in total. The lowest BCUT2D eigenvalue weighted by atomic mass is 9.87. The second kappa shape index (κ2) is 13.2. The number of halogens is 9. The van der Waals surface area contributed by atoms with Crippen LogP contribution in [0.1, 0.15) is 81.3 Å². The first-order chi connectivity index (χ1) is 21.7. The van der Waals surface area contributed by atoms with E-state index in [4.69, 9.17) is 4.74 Å². The van der Waals surface area contributed by atoms with Gasteiger partial charge in [0.15, 0.2) is 0 Å². The van der Waals surface area contributed by atoms with E-state index in [1.54, 1.807) is 20.8 Å². The number of amides is 1. The number of fused-ring (bicyclic) bond motifs is 1. The van der Waals surface area contributed by atoms with Crippen LogP contribution in [0.4, 0.5) is 55.9 Å². The van der Waals surface area contributed by atoms with Gasteiger partial charge in [0.1, 0.15) is 0 Å². The molecule has 0 radical (unpaired) electrons. The highest BCUT2D eigenvalue weighted by Gasteiger charge is 2.43. The van der Waals surface area contributed by atoms with Gasteiger partial charge in [0.05, 0.1) is 41.1 Å². The van der Waals surface area contributed by atoms with Crippen molar-refractivity contribution in [2.24, 2.45) is 5.92 Å². The summed E-state index contributed by atoms with van der Waals surface area (Å²) >= 11 is 0. The topological polar surface area (TPSA) is 76.4 Å². The first kappa shape index (κ1) is 35.8. The fourth-order valence-corrected chi connectivity index (χ4v) is 5.44. The van der Waals surface area contributed by atoms with Gasteiger partial charge in [-0.15, -0.1) is 5.10 Å². The molecule has 4 rings (SSSR count). The van der Waals surface area contributed by atoms with Gasteiger partial charge in [0, 0.05) is 12.6 Å². The summed E-state index contributed by atoms with van der Waals surface area (Å²) < 4.78 is 130. The standard InChI is InChI=1S/C30H33F9N6O2/c1-6-22-13-25(23-12-19(28(31,32)33)7-8-24(23)45(22)27(46)47-17(4)5)43(26-40-42-44(41-26)14-16(2)3)15-18-9-20(29(34,35)36)11-21(10-18)30(37,38)39/h7-12,16-17,22,25H,6,13-15H2,1-5H3/t22-,25+/m1/s1. The zero-order valence-electron chi connectivity index (χ0n) is 26.0.